The number of nitrogens with two attached hydrogens (primary N) is 1. The molecule has 5 nitrogen and oxygen atoms in total. The number of nitrogens with zero attached hydrogens (tertiary/aromatic N) is 2. The van der Waals surface area contributed by atoms with E-state index in [0.717, 1.165) is 17.1 Å². The van der Waals surface area contributed by atoms with Gasteiger partial charge in [0.2, 0.25) is 0 Å². The Labute approximate surface area is 161 Å². The zero-order valence-electron chi connectivity index (χ0n) is 15.6. The van der Waals surface area contributed by atoms with Crippen LogP contribution in [-0.4, -0.2) is 28.3 Å². The zero-order chi connectivity index (χ0) is 17.8. The van der Waals surface area contributed by atoms with Crippen LogP contribution in [0.3, 0.4) is 0 Å². The zero-order valence-corrected chi connectivity index (χ0v) is 16.4. The normalized spacial score (nSPS) is 16.0. The summed E-state index contributed by atoms with van der Waals surface area (Å²) in [6.45, 7) is 4.50. The molecule has 1 fully saturated rings. The van der Waals surface area contributed by atoms with Crippen molar-refractivity contribution in [3.05, 3.63) is 47.3 Å². The van der Waals surface area contributed by atoms with Crippen molar-refractivity contribution in [1.29, 1.82) is 0 Å². The molecule has 6 heteroatoms. The molecule has 1 atom stereocenters. The molecule has 1 aromatic heterocycles. The van der Waals surface area contributed by atoms with Gasteiger partial charge in [-0.25, -0.2) is 4.68 Å². The molecule has 1 aliphatic carbocycles. The number of rotatable bonds is 5. The van der Waals surface area contributed by atoms with Gasteiger partial charge in [0, 0.05) is 23.8 Å². The lowest BCUT2D eigenvalue weighted by Gasteiger charge is -2.30. The summed E-state index contributed by atoms with van der Waals surface area (Å²) in [6, 6.07) is 9.70. The van der Waals surface area contributed by atoms with Crippen molar-refractivity contribution in [3.63, 3.8) is 0 Å². The van der Waals surface area contributed by atoms with Crippen molar-refractivity contribution in [2.24, 2.45) is 11.7 Å². The molecule has 0 radical (unpaired) electrons. The summed E-state index contributed by atoms with van der Waals surface area (Å²) >= 11 is 0. The quantitative estimate of drug-likeness (QED) is 0.838. The highest BCUT2D eigenvalue weighted by molar-refractivity contribution is 5.94. The van der Waals surface area contributed by atoms with Gasteiger partial charge in [0.05, 0.1) is 11.4 Å². The van der Waals surface area contributed by atoms with Crippen molar-refractivity contribution >= 4 is 18.3 Å². The van der Waals surface area contributed by atoms with Crippen LogP contribution in [0.15, 0.2) is 30.3 Å². The molecule has 1 unspecified atom stereocenters. The van der Waals surface area contributed by atoms with Gasteiger partial charge in [0.1, 0.15) is 0 Å². The first-order valence-electron chi connectivity index (χ1n) is 9.23. The van der Waals surface area contributed by atoms with E-state index < -0.39 is 0 Å². The number of halogens is 1. The number of hydrogen-bond acceptors (Lipinski definition) is 3. The third-order valence-corrected chi connectivity index (χ3v) is 5.17. The van der Waals surface area contributed by atoms with Crippen molar-refractivity contribution in [3.8, 4) is 5.69 Å². The van der Waals surface area contributed by atoms with Gasteiger partial charge >= 0.3 is 0 Å². The number of nitrogens with one attached hydrogen (secondary N) is 1. The van der Waals surface area contributed by atoms with E-state index in [1.165, 1.54) is 32.1 Å². The predicted octanol–water partition coefficient (Wildman–Crippen LogP) is 3.55. The van der Waals surface area contributed by atoms with Crippen molar-refractivity contribution in [2.75, 3.05) is 6.54 Å². The summed E-state index contributed by atoms with van der Waals surface area (Å²) in [6.07, 6.45) is 6.12. The number of aryl methyl sites for hydroxylation is 2. The van der Waals surface area contributed by atoms with E-state index in [9.17, 15) is 4.79 Å². The van der Waals surface area contributed by atoms with Gasteiger partial charge in [-0.2, -0.15) is 5.10 Å². The molecule has 3 rings (SSSR count). The molecule has 26 heavy (non-hydrogen) atoms. The maximum absolute atomic E-state index is 12.6. The Hall–Kier alpha value is -1.85. The monoisotopic (exact) mass is 376 g/mol. The highest BCUT2D eigenvalue weighted by Crippen LogP contribution is 2.26. The lowest BCUT2D eigenvalue weighted by molar-refractivity contribution is 0.0915. The molecule has 0 spiro atoms. The topological polar surface area (TPSA) is 72.9 Å². The second-order valence-corrected chi connectivity index (χ2v) is 7.10. The van der Waals surface area contributed by atoms with Crippen LogP contribution in [0.4, 0.5) is 0 Å². The van der Waals surface area contributed by atoms with Gasteiger partial charge < -0.3 is 11.1 Å². The van der Waals surface area contributed by atoms with Gasteiger partial charge in [0.15, 0.2) is 0 Å². The minimum Gasteiger partial charge on any atom is -0.348 e. The molecular weight excluding hydrogens is 348 g/mol. The summed E-state index contributed by atoms with van der Waals surface area (Å²) in [7, 11) is 0. The molecule has 3 N–H and O–H groups in total. The van der Waals surface area contributed by atoms with Crippen molar-refractivity contribution < 1.29 is 4.79 Å². The first kappa shape index (κ1) is 20.5. The van der Waals surface area contributed by atoms with Crippen LogP contribution in [0.1, 0.15) is 53.8 Å². The lowest BCUT2D eigenvalue weighted by atomic mass is 9.84. The number of benzene rings is 1. The Balaban J connectivity index is 0.00000243. The Bertz CT molecular complexity index is 720. The first-order chi connectivity index (χ1) is 12.1. The molecule has 0 aliphatic heterocycles. The van der Waals surface area contributed by atoms with Crippen LogP contribution in [0, 0.1) is 19.8 Å². The molecule has 1 aliphatic rings. The largest absolute Gasteiger partial charge is 0.348 e. The third-order valence-electron chi connectivity index (χ3n) is 5.17. The number of aromatic nitrogens is 2. The number of amides is 1. The Morgan fingerprint density at radius 2 is 1.88 bits per heavy atom. The van der Waals surface area contributed by atoms with Crippen LogP contribution in [0.2, 0.25) is 0 Å². The molecule has 0 bridgehead atoms. The second kappa shape index (κ2) is 9.19. The Morgan fingerprint density at radius 3 is 2.42 bits per heavy atom. The van der Waals surface area contributed by atoms with Gasteiger partial charge in [-0.05, 0) is 62.9 Å². The average molecular weight is 377 g/mol. The molecule has 1 saturated carbocycles. The molecular formula is C20H29ClN4O. The van der Waals surface area contributed by atoms with Crippen LogP contribution in [0.25, 0.3) is 5.69 Å². The van der Waals surface area contributed by atoms with E-state index in [-0.39, 0.29) is 24.4 Å². The van der Waals surface area contributed by atoms with Gasteiger partial charge in [-0.15, -0.1) is 12.4 Å². The molecule has 1 amide bonds. The summed E-state index contributed by atoms with van der Waals surface area (Å²) in [5, 5.41) is 7.62. The van der Waals surface area contributed by atoms with Crippen molar-refractivity contribution in [2.45, 2.75) is 52.0 Å². The average Bonchev–Trinajstić information content (AvgIpc) is 2.98. The fraction of sp³-hybridized carbons (Fsp3) is 0.500. The van der Waals surface area contributed by atoms with E-state index in [0.29, 0.717) is 18.0 Å². The van der Waals surface area contributed by atoms with Gasteiger partial charge in [-0.3, -0.25) is 4.79 Å². The molecule has 0 saturated heterocycles. The van der Waals surface area contributed by atoms with Crippen LogP contribution < -0.4 is 11.1 Å². The molecule has 2 aromatic rings. The minimum absolute atomic E-state index is 0. The number of hydrogen-bond donors (Lipinski definition) is 2. The highest BCUT2D eigenvalue weighted by atomic mass is 35.5. The fourth-order valence-electron chi connectivity index (χ4n) is 3.80. The predicted molar refractivity (Wildman–Crippen MR) is 107 cm³/mol. The lowest BCUT2D eigenvalue weighted by Crippen LogP contribution is -2.45. The van der Waals surface area contributed by atoms with E-state index >= 15 is 0 Å². The summed E-state index contributed by atoms with van der Waals surface area (Å²) in [5.74, 6) is 0.470. The molecule has 142 valence electrons. The van der Waals surface area contributed by atoms with Crippen LogP contribution >= 0.6 is 12.4 Å². The molecule has 1 aromatic carbocycles. The minimum atomic E-state index is -0.0408. The highest BCUT2D eigenvalue weighted by Gasteiger charge is 2.24. The van der Waals surface area contributed by atoms with E-state index in [2.05, 4.69) is 10.4 Å². The first-order valence-corrected chi connectivity index (χ1v) is 9.23. The van der Waals surface area contributed by atoms with E-state index in [1.54, 1.807) is 0 Å². The Kier molecular flexibility index (Phi) is 7.23. The standard InChI is InChI=1S/C20H28N4O.ClH/c1-14-12-15(2)24(23-14)18-10-8-17(9-11-18)20(25)22-19(13-21)16-6-4-3-5-7-16;/h8-12,16,19H,3-7,13,21H2,1-2H3,(H,22,25);1H. The summed E-state index contributed by atoms with van der Waals surface area (Å²) < 4.78 is 1.89. The van der Waals surface area contributed by atoms with Gasteiger partial charge in [0.25, 0.3) is 5.91 Å². The SMILES string of the molecule is Cc1cc(C)n(-c2ccc(C(=O)NC(CN)C3CCCCC3)cc2)n1.Cl. The summed E-state index contributed by atoms with van der Waals surface area (Å²) in [4.78, 5) is 12.6. The van der Waals surface area contributed by atoms with E-state index in [4.69, 9.17) is 5.73 Å². The van der Waals surface area contributed by atoms with Crippen molar-refractivity contribution in [1.82, 2.24) is 15.1 Å². The fourth-order valence-corrected chi connectivity index (χ4v) is 3.80. The maximum atomic E-state index is 12.6. The number of carbonyl (C=O) groups is 1. The maximum Gasteiger partial charge on any atom is 0.251 e. The second-order valence-electron chi connectivity index (χ2n) is 7.10. The smallest absolute Gasteiger partial charge is 0.251 e. The van der Waals surface area contributed by atoms with Crippen LogP contribution in [0.5, 0.6) is 0 Å². The third kappa shape index (κ3) is 4.65. The summed E-state index contributed by atoms with van der Waals surface area (Å²) in [5.41, 5.74) is 9.61. The van der Waals surface area contributed by atoms with Crippen LogP contribution in [-0.2, 0) is 0 Å². The van der Waals surface area contributed by atoms with E-state index in [1.807, 2.05) is 48.9 Å². The Morgan fingerprint density at radius 1 is 1.23 bits per heavy atom. The number of carbonyl (C=O) groups excluding carboxylic acids is 1. The van der Waals surface area contributed by atoms with Gasteiger partial charge in [-0.1, -0.05) is 19.3 Å². The molecule has 1 heterocycles.